The van der Waals surface area contributed by atoms with Crippen molar-refractivity contribution in [3.63, 3.8) is 0 Å². The Labute approximate surface area is 234 Å². The van der Waals surface area contributed by atoms with E-state index in [1.807, 2.05) is 11.3 Å². The van der Waals surface area contributed by atoms with E-state index in [9.17, 15) is 0 Å². The molecule has 4 rings (SSSR count). The summed E-state index contributed by atoms with van der Waals surface area (Å²) in [6, 6.07) is 20.1. The van der Waals surface area contributed by atoms with E-state index in [-0.39, 0.29) is 0 Å². The molecule has 1 unspecified atom stereocenters. The van der Waals surface area contributed by atoms with Gasteiger partial charge in [-0.25, -0.2) is 0 Å². The minimum absolute atomic E-state index is 0.551. The lowest BCUT2D eigenvalue weighted by molar-refractivity contribution is 1.02. The van der Waals surface area contributed by atoms with Crippen molar-refractivity contribution >= 4 is 52.9 Å². The molecule has 3 aromatic rings. The molecule has 38 heavy (non-hydrogen) atoms. The van der Waals surface area contributed by atoms with Gasteiger partial charge >= 0.3 is 0 Å². The van der Waals surface area contributed by atoms with Gasteiger partial charge in [-0.05, 0) is 94.1 Å². The minimum atomic E-state index is -0.551. The van der Waals surface area contributed by atoms with Crippen LogP contribution in [0.1, 0.15) is 61.4 Å². The summed E-state index contributed by atoms with van der Waals surface area (Å²) in [7, 11) is -0.551. The van der Waals surface area contributed by atoms with Crippen LogP contribution >= 0.6 is 19.3 Å². The van der Waals surface area contributed by atoms with Crippen LogP contribution in [0.3, 0.4) is 0 Å². The van der Waals surface area contributed by atoms with Gasteiger partial charge in [0.25, 0.3) is 0 Å². The zero-order valence-corrected chi connectivity index (χ0v) is 24.9. The lowest BCUT2D eigenvalue weighted by atomic mass is 10.0. The highest BCUT2D eigenvalue weighted by atomic mass is 32.1. The molecule has 0 N–H and O–H groups in total. The Kier molecular flexibility index (Phi) is 10.0. The lowest BCUT2D eigenvalue weighted by Gasteiger charge is -2.24. The van der Waals surface area contributed by atoms with Gasteiger partial charge in [0.15, 0.2) is 0 Å². The number of hydrogen-bond donors (Lipinski definition) is 0. The summed E-state index contributed by atoms with van der Waals surface area (Å²) in [6.07, 6.45) is 21.0. The second-order valence-corrected chi connectivity index (χ2v) is 13.0. The maximum Gasteiger partial charge on any atom is 0.0844 e. The Balaban J connectivity index is 1.65. The van der Waals surface area contributed by atoms with Crippen LogP contribution in [-0.4, -0.2) is 5.71 Å². The van der Waals surface area contributed by atoms with Crippen LogP contribution in [0, 0.1) is 6.92 Å². The van der Waals surface area contributed by atoms with Crippen molar-refractivity contribution in [1.29, 1.82) is 0 Å². The molecule has 0 radical (unpaired) electrons. The summed E-state index contributed by atoms with van der Waals surface area (Å²) in [5.41, 5.74) is 5.86. The van der Waals surface area contributed by atoms with Crippen molar-refractivity contribution in [2.24, 2.45) is 4.99 Å². The van der Waals surface area contributed by atoms with Crippen LogP contribution < -0.4 is 10.6 Å². The molecule has 1 nitrogen and oxygen atoms in total. The van der Waals surface area contributed by atoms with Gasteiger partial charge in [-0.15, -0.1) is 11.3 Å². The van der Waals surface area contributed by atoms with Crippen LogP contribution in [-0.2, 0) is 6.42 Å². The number of nitrogens with zero attached hydrogens (tertiary/aromatic N) is 1. The average molecular weight is 536 g/mol. The van der Waals surface area contributed by atoms with Crippen LogP contribution in [0.2, 0.25) is 0 Å². The molecular weight excluding hydrogens is 497 g/mol. The number of thiophene rings is 1. The highest BCUT2D eigenvalue weighted by Gasteiger charge is 2.19. The topological polar surface area (TPSA) is 12.4 Å². The smallest absolute Gasteiger partial charge is 0.0844 e. The van der Waals surface area contributed by atoms with Gasteiger partial charge in [0.2, 0.25) is 0 Å². The molecule has 1 aliphatic carbocycles. The first-order valence-corrected chi connectivity index (χ1v) is 15.7. The molecule has 0 spiro atoms. The summed E-state index contributed by atoms with van der Waals surface area (Å²) in [5, 5.41) is 4.36. The zero-order valence-electron chi connectivity index (χ0n) is 23.2. The summed E-state index contributed by atoms with van der Waals surface area (Å²) >= 11 is 1.86. The molecule has 0 bridgehead atoms. The maximum atomic E-state index is 5.04. The van der Waals surface area contributed by atoms with Gasteiger partial charge in [-0.1, -0.05) is 98.0 Å². The second-order valence-electron chi connectivity index (χ2n) is 9.37. The standard InChI is InChI=1S/C35H38NPS/c1-6-16-33-34(8-3)38-27(5)35(33)36-26(4)23-24-28(7-2)29-17-15-22-32(25-29)37(30-18-11-9-12-19-30)31-20-13-10-14-21-31/h6-7,9-13,15-20,22-25H,8,14,21H2,1-5H3/b16-6-,24-23-,28-7+,36-26+. The van der Waals surface area contributed by atoms with Crippen molar-refractivity contribution in [3.05, 3.63) is 123 Å². The Morgan fingerprint density at radius 2 is 1.82 bits per heavy atom. The predicted molar refractivity (Wildman–Crippen MR) is 174 cm³/mol. The maximum absolute atomic E-state index is 5.04. The normalized spacial score (nSPS) is 15.4. The molecule has 0 aliphatic heterocycles. The van der Waals surface area contributed by atoms with Gasteiger partial charge in [0.1, 0.15) is 0 Å². The number of aliphatic imine (C=N–C) groups is 1. The lowest BCUT2D eigenvalue weighted by Crippen LogP contribution is -2.14. The molecule has 0 amide bonds. The van der Waals surface area contributed by atoms with E-state index in [1.165, 1.54) is 37.1 Å². The number of aryl methyl sites for hydroxylation is 2. The van der Waals surface area contributed by atoms with Gasteiger partial charge in [0.05, 0.1) is 5.69 Å². The van der Waals surface area contributed by atoms with Crippen LogP contribution in [0.25, 0.3) is 11.6 Å². The van der Waals surface area contributed by atoms with E-state index >= 15 is 0 Å². The molecule has 3 heteroatoms. The predicted octanol–water partition coefficient (Wildman–Crippen LogP) is 10.1. The first kappa shape index (κ1) is 28.0. The van der Waals surface area contributed by atoms with Gasteiger partial charge < -0.3 is 0 Å². The van der Waals surface area contributed by atoms with Gasteiger partial charge in [0, 0.05) is 21.0 Å². The molecule has 194 valence electrons. The zero-order chi connectivity index (χ0) is 26.9. The third kappa shape index (κ3) is 6.68. The van der Waals surface area contributed by atoms with E-state index in [2.05, 4.69) is 138 Å². The SMILES string of the molecule is C/C=C\c1c(CC)sc(C)c1/N=C(C)/C=C\C(=C/C)c1cccc(P(C2=CC=CCC2)c2ccccc2)c1. The Bertz CT molecular complexity index is 1430. The molecule has 1 aliphatic rings. The minimum Gasteiger partial charge on any atom is -0.252 e. The third-order valence-corrected chi connectivity index (χ3v) is 10.5. The van der Waals surface area contributed by atoms with E-state index in [0.29, 0.717) is 0 Å². The van der Waals surface area contributed by atoms with Crippen molar-refractivity contribution < 1.29 is 0 Å². The van der Waals surface area contributed by atoms with Crippen LogP contribution in [0.4, 0.5) is 5.69 Å². The molecular formula is C35H38NPS. The van der Waals surface area contributed by atoms with E-state index in [0.717, 1.165) is 30.7 Å². The number of allylic oxidation sites excluding steroid dienone is 9. The monoisotopic (exact) mass is 535 g/mol. The first-order valence-electron chi connectivity index (χ1n) is 13.5. The molecule has 1 atom stereocenters. The first-order chi connectivity index (χ1) is 18.5. The summed E-state index contributed by atoms with van der Waals surface area (Å²) in [4.78, 5) is 7.73. The number of benzene rings is 2. The fourth-order valence-corrected chi connectivity index (χ4v) is 8.36. The molecule has 2 aromatic carbocycles. The highest BCUT2D eigenvalue weighted by Crippen LogP contribution is 2.46. The van der Waals surface area contributed by atoms with Gasteiger partial charge in [-0.2, -0.15) is 0 Å². The third-order valence-electron chi connectivity index (χ3n) is 6.65. The van der Waals surface area contributed by atoms with Crippen molar-refractivity contribution in [1.82, 2.24) is 0 Å². The van der Waals surface area contributed by atoms with E-state index in [4.69, 9.17) is 4.99 Å². The van der Waals surface area contributed by atoms with Crippen LogP contribution in [0.5, 0.6) is 0 Å². The van der Waals surface area contributed by atoms with E-state index in [1.54, 1.807) is 5.31 Å². The highest BCUT2D eigenvalue weighted by molar-refractivity contribution is 7.76. The molecule has 0 saturated carbocycles. The second kappa shape index (κ2) is 13.7. The number of hydrogen-bond acceptors (Lipinski definition) is 2. The molecule has 0 saturated heterocycles. The van der Waals surface area contributed by atoms with Gasteiger partial charge in [-0.3, -0.25) is 4.99 Å². The summed E-state index contributed by atoms with van der Waals surface area (Å²) < 4.78 is 0. The largest absolute Gasteiger partial charge is 0.252 e. The Morgan fingerprint density at radius 1 is 1.03 bits per heavy atom. The summed E-state index contributed by atoms with van der Waals surface area (Å²) in [5.74, 6) is 0. The molecule has 0 fully saturated rings. The fraction of sp³-hybridized carbons (Fsp3) is 0.229. The Morgan fingerprint density at radius 3 is 2.50 bits per heavy atom. The molecule has 1 heterocycles. The van der Waals surface area contributed by atoms with Crippen molar-refractivity contribution in [3.8, 4) is 0 Å². The molecule has 1 aromatic heterocycles. The van der Waals surface area contributed by atoms with Crippen molar-refractivity contribution in [2.45, 2.75) is 53.9 Å². The fourth-order valence-electron chi connectivity index (χ4n) is 4.79. The number of rotatable bonds is 9. The quantitative estimate of drug-likeness (QED) is 0.147. The van der Waals surface area contributed by atoms with Crippen molar-refractivity contribution in [2.75, 3.05) is 0 Å². The van der Waals surface area contributed by atoms with E-state index < -0.39 is 7.92 Å². The average Bonchev–Trinajstić information content (AvgIpc) is 3.24. The Hall–Kier alpha value is -3.06. The summed E-state index contributed by atoms with van der Waals surface area (Å²) in [6.45, 7) is 10.7. The van der Waals surface area contributed by atoms with Crippen LogP contribution in [0.15, 0.2) is 107 Å².